The first-order valence-electron chi connectivity index (χ1n) is 8.34. The Kier molecular flexibility index (Phi) is 6.46. The number of nitrogens with one attached hydrogen (secondary N) is 1. The molecule has 4 nitrogen and oxygen atoms in total. The molecule has 1 aromatic rings. The second-order valence-corrected chi connectivity index (χ2v) is 5.63. The van der Waals surface area contributed by atoms with Crippen molar-refractivity contribution in [2.75, 3.05) is 31.1 Å². The third-order valence-corrected chi connectivity index (χ3v) is 4.18. The fraction of sp³-hybridized carbons (Fsp3) is 0.706. The number of ether oxygens (including phenoxy) is 1. The van der Waals surface area contributed by atoms with E-state index in [2.05, 4.69) is 48.1 Å². The van der Waals surface area contributed by atoms with E-state index >= 15 is 0 Å². The van der Waals surface area contributed by atoms with Gasteiger partial charge in [0.15, 0.2) is 0 Å². The molecule has 4 heteroatoms. The van der Waals surface area contributed by atoms with E-state index in [4.69, 9.17) is 4.74 Å². The van der Waals surface area contributed by atoms with E-state index in [1.54, 1.807) is 0 Å². The van der Waals surface area contributed by atoms with Crippen LogP contribution in [0.1, 0.15) is 51.8 Å². The van der Waals surface area contributed by atoms with Gasteiger partial charge in [-0.3, -0.25) is 4.98 Å². The molecule has 1 fully saturated rings. The summed E-state index contributed by atoms with van der Waals surface area (Å²) < 4.78 is 5.75. The molecule has 0 saturated carbocycles. The lowest BCUT2D eigenvalue weighted by Gasteiger charge is -2.26. The monoisotopic (exact) mass is 291 g/mol. The third-order valence-electron chi connectivity index (χ3n) is 4.18. The molecule has 2 unspecified atom stereocenters. The molecule has 2 rings (SSSR count). The molecule has 0 spiro atoms. The highest BCUT2D eigenvalue weighted by atomic mass is 16.5. The van der Waals surface area contributed by atoms with Crippen molar-refractivity contribution in [1.82, 2.24) is 10.3 Å². The van der Waals surface area contributed by atoms with Crippen LogP contribution in [-0.2, 0) is 4.74 Å². The van der Waals surface area contributed by atoms with Gasteiger partial charge in [0.2, 0.25) is 0 Å². The van der Waals surface area contributed by atoms with E-state index < -0.39 is 0 Å². The normalized spacial score (nSPS) is 19.7. The molecule has 1 saturated heterocycles. The maximum atomic E-state index is 5.75. The Bertz CT molecular complexity index is 401. The predicted octanol–water partition coefficient (Wildman–Crippen LogP) is 3.15. The third kappa shape index (κ3) is 4.42. The molecule has 0 amide bonds. The van der Waals surface area contributed by atoms with Crippen molar-refractivity contribution in [1.29, 1.82) is 0 Å². The number of pyridine rings is 1. The van der Waals surface area contributed by atoms with Gasteiger partial charge in [-0.2, -0.15) is 0 Å². The zero-order valence-corrected chi connectivity index (χ0v) is 13.6. The molecule has 0 bridgehead atoms. The minimum absolute atomic E-state index is 0.359. The predicted molar refractivity (Wildman–Crippen MR) is 87.8 cm³/mol. The molecule has 0 aliphatic carbocycles. The van der Waals surface area contributed by atoms with Crippen LogP contribution >= 0.6 is 0 Å². The summed E-state index contributed by atoms with van der Waals surface area (Å²) in [6, 6.07) is 4.71. The summed E-state index contributed by atoms with van der Waals surface area (Å²) in [5.74, 6) is 0. The molecule has 1 N–H and O–H groups in total. The summed E-state index contributed by atoms with van der Waals surface area (Å²) in [5.41, 5.74) is 2.33. The molecular weight excluding hydrogens is 262 g/mol. The minimum atomic E-state index is 0.359. The van der Waals surface area contributed by atoms with Crippen molar-refractivity contribution in [3.63, 3.8) is 0 Å². The van der Waals surface area contributed by atoms with E-state index in [1.165, 1.54) is 18.5 Å². The van der Waals surface area contributed by atoms with Gasteiger partial charge in [-0.15, -0.1) is 0 Å². The maximum Gasteiger partial charge on any atom is 0.0750 e. The van der Waals surface area contributed by atoms with Gasteiger partial charge in [-0.1, -0.05) is 13.8 Å². The molecule has 1 aliphatic rings. The Morgan fingerprint density at radius 3 is 2.76 bits per heavy atom. The van der Waals surface area contributed by atoms with Crippen LogP contribution in [-0.4, -0.2) is 37.3 Å². The number of anilines is 1. The topological polar surface area (TPSA) is 37.4 Å². The molecule has 118 valence electrons. The van der Waals surface area contributed by atoms with Crippen LogP contribution in [0.2, 0.25) is 0 Å². The van der Waals surface area contributed by atoms with Gasteiger partial charge < -0.3 is 15.0 Å². The first kappa shape index (κ1) is 16.2. The average Bonchev–Trinajstić information content (AvgIpc) is 3.03. The van der Waals surface area contributed by atoms with Crippen molar-refractivity contribution >= 4 is 5.69 Å². The summed E-state index contributed by atoms with van der Waals surface area (Å²) in [7, 11) is 0. The van der Waals surface area contributed by atoms with E-state index in [0.717, 1.165) is 38.4 Å². The zero-order chi connectivity index (χ0) is 15.1. The van der Waals surface area contributed by atoms with Gasteiger partial charge in [0, 0.05) is 25.7 Å². The van der Waals surface area contributed by atoms with Crippen molar-refractivity contribution in [3.8, 4) is 0 Å². The van der Waals surface area contributed by atoms with Crippen LogP contribution in [0.3, 0.4) is 0 Å². The van der Waals surface area contributed by atoms with Crippen LogP contribution in [0, 0.1) is 0 Å². The van der Waals surface area contributed by atoms with Crippen molar-refractivity contribution in [2.24, 2.45) is 0 Å². The van der Waals surface area contributed by atoms with E-state index in [9.17, 15) is 0 Å². The summed E-state index contributed by atoms with van der Waals surface area (Å²) >= 11 is 0. The smallest absolute Gasteiger partial charge is 0.0750 e. The van der Waals surface area contributed by atoms with Crippen molar-refractivity contribution in [3.05, 3.63) is 24.0 Å². The first-order valence-corrected chi connectivity index (χ1v) is 8.34. The van der Waals surface area contributed by atoms with E-state index in [-0.39, 0.29) is 0 Å². The largest absolute Gasteiger partial charge is 0.376 e. The Labute approximate surface area is 128 Å². The summed E-state index contributed by atoms with van der Waals surface area (Å²) in [6.45, 7) is 10.4. The number of hydrogen-bond donors (Lipinski definition) is 1. The summed E-state index contributed by atoms with van der Waals surface area (Å²) in [4.78, 5) is 7.03. The fourth-order valence-corrected chi connectivity index (χ4v) is 2.95. The van der Waals surface area contributed by atoms with Gasteiger partial charge in [0.25, 0.3) is 0 Å². The summed E-state index contributed by atoms with van der Waals surface area (Å²) in [6.07, 6.45) is 5.83. The fourth-order valence-electron chi connectivity index (χ4n) is 2.95. The molecule has 2 atom stereocenters. The molecular formula is C17H29N3O. The Morgan fingerprint density at radius 2 is 2.24 bits per heavy atom. The van der Waals surface area contributed by atoms with E-state index in [0.29, 0.717) is 12.1 Å². The number of nitrogens with zero attached hydrogens (tertiary/aromatic N) is 2. The van der Waals surface area contributed by atoms with Gasteiger partial charge in [-0.05, 0) is 44.9 Å². The highest BCUT2D eigenvalue weighted by Crippen LogP contribution is 2.21. The Morgan fingerprint density at radius 1 is 1.38 bits per heavy atom. The van der Waals surface area contributed by atoms with Gasteiger partial charge in [-0.25, -0.2) is 0 Å². The van der Waals surface area contributed by atoms with Crippen LogP contribution in [0.4, 0.5) is 5.69 Å². The van der Waals surface area contributed by atoms with Gasteiger partial charge in [0.1, 0.15) is 0 Å². The van der Waals surface area contributed by atoms with Crippen LogP contribution in [0.5, 0.6) is 0 Å². The van der Waals surface area contributed by atoms with Crippen molar-refractivity contribution in [2.45, 2.75) is 52.2 Å². The quantitative estimate of drug-likeness (QED) is 0.798. The lowest BCUT2D eigenvalue weighted by Crippen LogP contribution is -2.32. The maximum absolute atomic E-state index is 5.75. The van der Waals surface area contributed by atoms with Gasteiger partial charge in [0.05, 0.1) is 23.7 Å². The lowest BCUT2D eigenvalue weighted by atomic mass is 10.1. The molecule has 1 aliphatic heterocycles. The summed E-state index contributed by atoms with van der Waals surface area (Å²) in [5, 5.41) is 3.47. The molecule has 2 heterocycles. The molecule has 0 aromatic carbocycles. The highest BCUT2D eigenvalue weighted by molar-refractivity contribution is 5.44. The Hall–Kier alpha value is -1.13. The second-order valence-electron chi connectivity index (χ2n) is 5.63. The molecule has 0 radical (unpaired) electrons. The minimum Gasteiger partial charge on any atom is -0.376 e. The van der Waals surface area contributed by atoms with Gasteiger partial charge >= 0.3 is 0 Å². The number of hydrogen-bond acceptors (Lipinski definition) is 4. The second kappa shape index (κ2) is 8.35. The zero-order valence-electron chi connectivity index (χ0n) is 13.6. The number of aromatic nitrogens is 1. The Balaban J connectivity index is 2.01. The number of likely N-dealkylation sites (N-methyl/N-ethyl adjacent to an activating group) is 1. The van der Waals surface area contributed by atoms with Crippen LogP contribution in [0.15, 0.2) is 18.3 Å². The molecule has 21 heavy (non-hydrogen) atoms. The SMILES string of the molecule is CCNC(CC)c1ccc(N(CC)CC2CCCO2)cn1. The number of rotatable bonds is 8. The van der Waals surface area contributed by atoms with Crippen LogP contribution in [0.25, 0.3) is 0 Å². The lowest BCUT2D eigenvalue weighted by molar-refractivity contribution is 0.115. The highest BCUT2D eigenvalue weighted by Gasteiger charge is 2.19. The standard InChI is InChI=1S/C17H29N3O/c1-4-16(18-5-2)17-10-9-14(12-19-17)20(6-3)13-15-8-7-11-21-15/h9-10,12,15-16,18H,4-8,11,13H2,1-3H3. The average molecular weight is 291 g/mol. The van der Waals surface area contributed by atoms with E-state index in [1.807, 2.05) is 6.20 Å². The van der Waals surface area contributed by atoms with Crippen molar-refractivity contribution < 1.29 is 4.74 Å². The van der Waals surface area contributed by atoms with Crippen LogP contribution < -0.4 is 10.2 Å². The molecule has 1 aromatic heterocycles. The first-order chi connectivity index (χ1) is 10.3.